The van der Waals surface area contributed by atoms with Crippen LogP contribution in [-0.2, 0) is 10.0 Å². The van der Waals surface area contributed by atoms with Gasteiger partial charge in [0.15, 0.2) is 11.6 Å². The van der Waals surface area contributed by atoms with Crippen LogP contribution in [0.5, 0.6) is 0 Å². The Morgan fingerprint density at radius 2 is 1.34 bits per heavy atom. The van der Waals surface area contributed by atoms with Crippen molar-refractivity contribution < 1.29 is 8.42 Å². The molecule has 0 saturated carbocycles. The molecule has 7 nitrogen and oxygen atoms in total. The molecule has 0 radical (unpaired) electrons. The molecule has 1 aromatic heterocycles. The third-order valence-electron chi connectivity index (χ3n) is 6.67. The normalized spacial score (nSPS) is 18.9. The van der Waals surface area contributed by atoms with E-state index in [2.05, 4.69) is 26.9 Å². The van der Waals surface area contributed by atoms with Crippen molar-refractivity contribution >= 4 is 32.4 Å². The SMILES string of the molecule is CC1CCN(c2ccc(N3CCN(S(=O)(=O)c4cccc5ccccc45)CC3)nn2)CC1. The zero-order chi connectivity index (χ0) is 22.1. The van der Waals surface area contributed by atoms with Gasteiger partial charge in [-0.3, -0.25) is 0 Å². The molecule has 2 aliphatic heterocycles. The number of hydrogen-bond donors (Lipinski definition) is 0. The van der Waals surface area contributed by atoms with Crippen molar-refractivity contribution in [2.45, 2.75) is 24.7 Å². The summed E-state index contributed by atoms with van der Waals surface area (Å²) in [6.07, 6.45) is 2.38. The fourth-order valence-corrected chi connectivity index (χ4v) is 6.25. The molecule has 0 bridgehead atoms. The Labute approximate surface area is 189 Å². The van der Waals surface area contributed by atoms with Crippen LogP contribution in [-0.4, -0.2) is 62.2 Å². The second-order valence-electron chi connectivity index (χ2n) is 8.79. The number of hydrogen-bond acceptors (Lipinski definition) is 6. The van der Waals surface area contributed by atoms with Crippen LogP contribution in [0, 0.1) is 5.92 Å². The molecule has 2 fully saturated rings. The lowest BCUT2D eigenvalue weighted by molar-refractivity contribution is 0.384. The number of aromatic nitrogens is 2. The molecular weight excluding hydrogens is 422 g/mol. The highest BCUT2D eigenvalue weighted by atomic mass is 32.2. The van der Waals surface area contributed by atoms with Crippen molar-refractivity contribution in [3.63, 3.8) is 0 Å². The molecular formula is C24H29N5O2S. The molecule has 0 amide bonds. The minimum absolute atomic E-state index is 0.379. The molecule has 168 valence electrons. The van der Waals surface area contributed by atoms with E-state index in [1.165, 1.54) is 12.8 Å². The summed E-state index contributed by atoms with van der Waals surface area (Å²) < 4.78 is 28.3. The van der Waals surface area contributed by atoms with Crippen LogP contribution >= 0.6 is 0 Å². The zero-order valence-electron chi connectivity index (χ0n) is 18.4. The standard InChI is InChI=1S/C24H29N5O2S/c1-19-11-13-27(14-12-19)23-9-10-24(26-25-23)28-15-17-29(18-16-28)32(30,31)22-8-4-6-20-5-2-3-7-21(20)22/h2-10,19H,11-18H2,1H3. The van der Waals surface area contributed by atoms with Crippen molar-refractivity contribution in [1.82, 2.24) is 14.5 Å². The lowest BCUT2D eigenvalue weighted by Crippen LogP contribution is -2.49. The van der Waals surface area contributed by atoms with Gasteiger partial charge in [-0.25, -0.2) is 8.42 Å². The van der Waals surface area contributed by atoms with Crippen molar-refractivity contribution in [2.75, 3.05) is 49.1 Å². The Morgan fingerprint density at radius 3 is 2.00 bits per heavy atom. The fourth-order valence-electron chi connectivity index (χ4n) is 4.61. The number of anilines is 2. The minimum Gasteiger partial charge on any atom is -0.355 e. The lowest BCUT2D eigenvalue weighted by atomic mass is 9.99. The van der Waals surface area contributed by atoms with Gasteiger partial charge in [-0.2, -0.15) is 4.31 Å². The quantitative estimate of drug-likeness (QED) is 0.606. The van der Waals surface area contributed by atoms with Crippen LogP contribution in [0.3, 0.4) is 0 Å². The van der Waals surface area contributed by atoms with Crippen LogP contribution in [0.15, 0.2) is 59.5 Å². The first-order valence-electron chi connectivity index (χ1n) is 11.3. The summed E-state index contributed by atoms with van der Waals surface area (Å²) in [6, 6.07) is 17.1. The molecule has 32 heavy (non-hydrogen) atoms. The molecule has 2 aliphatic rings. The number of benzene rings is 2. The van der Waals surface area contributed by atoms with Gasteiger partial charge in [-0.1, -0.05) is 43.3 Å². The van der Waals surface area contributed by atoms with Gasteiger partial charge < -0.3 is 9.80 Å². The molecule has 2 aromatic carbocycles. The van der Waals surface area contributed by atoms with Crippen LogP contribution in [0.25, 0.3) is 10.8 Å². The summed E-state index contributed by atoms with van der Waals surface area (Å²) in [4.78, 5) is 4.79. The first-order valence-corrected chi connectivity index (χ1v) is 12.8. The second-order valence-corrected chi connectivity index (χ2v) is 10.7. The monoisotopic (exact) mass is 451 g/mol. The molecule has 0 aliphatic carbocycles. The highest BCUT2D eigenvalue weighted by Gasteiger charge is 2.30. The largest absolute Gasteiger partial charge is 0.355 e. The molecule has 8 heteroatoms. The van der Waals surface area contributed by atoms with Gasteiger partial charge in [0.05, 0.1) is 4.90 Å². The van der Waals surface area contributed by atoms with E-state index in [0.717, 1.165) is 41.4 Å². The number of piperidine rings is 1. The summed E-state index contributed by atoms with van der Waals surface area (Å²) >= 11 is 0. The maximum Gasteiger partial charge on any atom is 0.243 e. The first kappa shape index (κ1) is 21.2. The van der Waals surface area contributed by atoms with Gasteiger partial charge in [0.1, 0.15) is 0 Å². The summed E-state index contributed by atoms with van der Waals surface area (Å²) in [7, 11) is -3.56. The van der Waals surface area contributed by atoms with E-state index in [0.29, 0.717) is 31.1 Å². The third-order valence-corrected chi connectivity index (χ3v) is 8.63. The van der Waals surface area contributed by atoms with Crippen molar-refractivity contribution in [3.8, 4) is 0 Å². The van der Waals surface area contributed by atoms with Gasteiger partial charge in [-0.05, 0) is 42.3 Å². The van der Waals surface area contributed by atoms with Gasteiger partial charge in [0.2, 0.25) is 10.0 Å². The van der Waals surface area contributed by atoms with Crippen LogP contribution in [0.2, 0.25) is 0 Å². The van der Waals surface area contributed by atoms with Crippen LogP contribution in [0.4, 0.5) is 11.6 Å². The van der Waals surface area contributed by atoms with Crippen molar-refractivity contribution in [1.29, 1.82) is 0 Å². The van der Waals surface area contributed by atoms with E-state index in [1.54, 1.807) is 10.4 Å². The maximum absolute atomic E-state index is 13.4. The van der Waals surface area contributed by atoms with Gasteiger partial charge in [0, 0.05) is 44.7 Å². The first-order chi connectivity index (χ1) is 15.5. The molecule has 0 unspecified atom stereocenters. The van der Waals surface area contributed by atoms with Crippen LogP contribution in [0.1, 0.15) is 19.8 Å². The Bertz CT molecular complexity index is 1180. The summed E-state index contributed by atoms with van der Waals surface area (Å²) in [5, 5.41) is 10.6. The van der Waals surface area contributed by atoms with Gasteiger partial charge in [0.25, 0.3) is 0 Å². The molecule has 0 spiro atoms. The Hall–Kier alpha value is -2.71. The summed E-state index contributed by atoms with van der Waals surface area (Å²) in [5.41, 5.74) is 0. The molecule has 2 saturated heterocycles. The highest BCUT2D eigenvalue weighted by molar-refractivity contribution is 7.89. The molecule has 0 atom stereocenters. The van der Waals surface area contributed by atoms with Crippen LogP contribution < -0.4 is 9.80 Å². The Morgan fingerprint density at radius 1 is 0.750 bits per heavy atom. The predicted octanol–water partition coefficient (Wildman–Crippen LogP) is 3.38. The van der Waals surface area contributed by atoms with E-state index < -0.39 is 10.0 Å². The van der Waals surface area contributed by atoms with E-state index in [9.17, 15) is 8.42 Å². The van der Waals surface area contributed by atoms with Gasteiger partial charge >= 0.3 is 0 Å². The molecule has 0 N–H and O–H groups in total. The molecule has 3 aromatic rings. The zero-order valence-corrected chi connectivity index (χ0v) is 19.2. The van der Waals surface area contributed by atoms with E-state index in [4.69, 9.17) is 0 Å². The number of nitrogens with zero attached hydrogens (tertiary/aromatic N) is 5. The molecule has 3 heterocycles. The average Bonchev–Trinajstić information content (AvgIpc) is 2.84. The lowest BCUT2D eigenvalue weighted by Gasteiger charge is -2.35. The number of rotatable bonds is 4. The number of piperazine rings is 1. The summed E-state index contributed by atoms with van der Waals surface area (Å²) in [5.74, 6) is 2.51. The number of sulfonamides is 1. The number of fused-ring (bicyclic) bond motifs is 1. The second kappa shape index (κ2) is 8.67. The predicted molar refractivity (Wildman–Crippen MR) is 128 cm³/mol. The maximum atomic E-state index is 13.4. The fraction of sp³-hybridized carbons (Fsp3) is 0.417. The topological polar surface area (TPSA) is 69.6 Å². The van der Waals surface area contributed by atoms with E-state index in [-0.39, 0.29) is 0 Å². The average molecular weight is 452 g/mol. The van der Waals surface area contributed by atoms with E-state index >= 15 is 0 Å². The minimum atomic E-state index is -3.56. The van der Waals surface area contributed by atoms with Crippen molar-refractivity contribution in [3.05, 3.63) is 54.6 Å². The summed E-state index contributed by atoms with van der Waals surface area (Å²) in [6.45, 7) is 6.41. The third kappa shape index (κ3) is 4.04. The molecule has 5 rings (SSSR count). The Kier molecular flexibility index (Phi) is 5.73. The van der Waals surface area contributed by atoms with Gasteiger partial charge in [-0.15, -0.1) is 10.2 Å². The highest BCUT2D eigenvalue weighted by Crippen LogP contribution is 2.27. The van der Waals surface area contributed by atoms with E-state index in [1.807, 2.05) is 48.5 Å². The smallest absolute Gasteiger partial charge is 0.243 e. The Balaban J connectivity index is 1.27. The van der Waals surface area contributed by atoms with Crippen molar-refractivity contribution in [2.24, 2.45) is 5.92 Å².